The molecule has 0 amide bonds. The van der Waals surface area contributed by atoms with E-state index in [1.165, 1.54) is 6.92 Å². The number of aromatic nitrogens is 2. The summed E-state index contributed by atoms with van der Waals surface area (Å²) >= 11 is 0. The fourth-order valence-electron chi connectivity index (χ4n) is 2.33. The summed E-state index contributed by atoms with van der Waals surface area (Å²) < 4.78 is 38.6. The lowest BCUT2D eigenvalue weighted by Crippen LogP contribution is -2.41. The van der Waals surface area contributed by atoms with Gasteiger partial charge in [-0.2, -0.15) is 18.3 Å². The van der Waals surface area contributed by atoms with E-state index in [1.807, 2.05) is 0 Å². The van der Waals surface area contributed by atoms with Crippen molar-refractivity contribution in [2.24, 2.45) is 0 Å². The molecule has 0 aliphatic rings. The van der Waals surface area contributed by atoms with Crippen molar-refractivity contribution in [3.63, 3.8) is 0 Å². The average Bonchev–Trinajstić information content (AvgIpc) is 2.95. The van der Waals surface area contributed by atoms with Crippen molar-refractivity contribution < 1.29 is 23.1 Å². The predicted molar refractivity (Wildman–Crippen MR) is 84.0 cm³/mol. The largest absolute Gasteiger partial charge is 0.435 e. The van der Waals surface area contributed by atoms with Gasteiger partial charge < -0.3 is 5.11 Å². The minimum atomic E-state index is -4.58. The van der Waals surface area contributed by atoms with Crippen LogP contribution in [0.3, 0.4) is 0 Å². The van der Waals surface area contributed by atoms with Crippen molar-refractivity contribution in [2.75, 3.05) is 0 Å². The molecule has 2 rings (SSSR count). The Morgan fingerprint density at radius 1 is 1.36 bits per heavy atom. The Hall–Kier alpha value is -2.66. The number of Topliss-reactive ketones (excluding diaryl/α,β-unsaturated/α-hetero) is 1. The Balaban J connectivity index is 2.11. The Labute approximate surface area is 142 Å². The highest BCUT2D eigenvalue weighted by molar-refractivity contribution is 5.88. The summed E-state index contributed by atoms with van der Waals surface area (Å²) in [5.74, 6) is -0.550. The van der Waals surface area contributed by atoms with Gasteiger partial charge in [-0.3, -0.25) is 9.48 Å². The molecule has 0 spiro atoms. The van der Waals surface area contributed by atoms with Crippen molar-refractivity contribution in [1.82, 2.24) is 9.78 Å². The van der Waals surface area contributed by atoms with E-state index < -0.39 is 23.3 Å². The zero-order valence-electron chi connectivity index (χ0n) is 13.6. The number of nitrogens with zero attached hydrogens (tertiary/aromatic N) is 3. The number of ketones is 1. The molecule has 1 aromatic carbocycles. The Morgan fingerprint density at radius 2 is 2.04 bits per heavy atom. The molecular formula is C17H16F3N3O2. The van der Waals surface area contributed by atoms with E-state index in [0.29, 0.717) is 16.8 Å². The van der Waals surface area contributed by atoms with Gasteiger partial charge in [-0.25, -0.2) is 4.85 Å². The van der Waals surface area contributed by atoms with Gasteiger partial charge in [0.2, 0.25) is 0 Å². The lowest BCUT2D eigenvalue weighted by molar-refractivity contribution is -0.142. The zero-order valence-corrected chi connectivity index (χ0v) is 13.6. The van der Waals surface area contributed by atoms with Gasteiger partial charge in [-0.1, -0.05) is 18.2 Å². The molecule has 0 unspecified atom stereocenters. The maximum atomic E-state index is 12.6. The first-order valence-corrected chi connectivity index (χ1v) is 7.36. The Bertz CT molecular complexity index is 832. The molecule has 1 aromatic heterocycles. The first kappa shape index (κ1) is 18.7. The molecule has 0 aliphatic carbocycles. The smallest absolute Gasteiger partial charge is 0.380 e. The molecular weight excluding hydrogens is 335 g/mol. The van der Waals surface area contributed by atoms with Crippen LogP contribution >= 0.6 is 0 Å². The van der Waals surface area contributed by atoms with Crippen LogP contribution in [-0.2, 0) is 23.9 Å². The Kier molecular flexibility index (Phi) is 4.99. The molecule has 2 aromatic rings. The highest BCUT2D eigenvalue weighted by atomic mass is 19.4. The second-order valence-electron chi connectivity index (χ2n) is 6.00. The fourth-order valence-corrected chi connectivity index (χ4v) is 2.33. The molecule has 1 heterocycles. The molecule has 0 saturated carbocycles. The summed E-state index contributed by atoms with van der Waals surface area (Å²) in [4.78, 5) is 15.7. The zero-order chi connectivity index (χ0) is 18.8. The summed E-state index contributed by atoms with van der Waals surface area (Å²) in [6.07, 6.45) is -3.61. The SMILES string of the molecule is [C-]#[N+]c1ccc(CC(=O)[C@@](C)(O)Cn2ccc(C(F)(F)F)n2)cc1C. The lowest BCUT2D eigenvalue weighted by atomic mass is 9.94. The van der Waals surface area contributed by atoms with Gasteiger partial charge in [0.15, 0.2) is 17.2 Å². The normalized spacial score (nSPS) is 14.0. The van der Waals surface area contributed by atoms with Crippen molar-refractivity contribution in [2.45, 2.75) is 38.6 Å². The van der Waals surface area contributed by atoms with E-state index in [9.17, 15) is 23.1 Å². The molecule has 8 heteroatoms. The highest BCUT2D eigenvalue weighted by Gasteiger charge is 2.35. The third kappa shape index (κ3) is 4.45. The van der Waals surface area contributed by atoms with Gasteiger partial charge in [-0.15, -0.1) is 0 Å². The number of hydrogen-bond acceptors (Lipinski definition) is 3. The first-order chi connectivity index (χ1) is 11.5. The van der Waals surface area contributed by atoms with Crippen LogP contribution < -0.4 is 0 Å². The van der Waals surface area contributed by atoms with E-state index in [-0.39, 0.29) is 13.0 Å². The van der Waals surface area contributed by atoms with Crippen molar-refractivity contribution in [3.8, 4) is 0 Å². The van der Waals surface area contributed by atoms with Crippen LogP contribution in [0.4, 0.5) is 18.9 Å². The predicted octanol–water partition coefficient (Wildman–Crippen LogP) is 3.32. The van der Waals surface area contributed by atoms with Crippen LogP contribution in [0.2, 0.25) is 0 Å². The number of carbonyl (C=O) groups is 1. The fraction of sp³-hybridized carbons (Fsp3) is 0.353. The number of aliphatic hydroxyl groups is 1. The quantitative estimate of drug-likeness (QED) is 0.841. The average molecular weight is 351 g/mol. The number of benzene rings is 1. The van der Waals surface area contributed by atoms with Crippen LogP contribution in [0.5, 0.6) is 0 Å². The molecule has 25 heavy (non-hydrogen) atoms. The van der Waals surface area contributed by atoms with E-state index in [0.717, 1.165) is 16.9 Å². The topological polar surface area (TPSA) is 59.5 Å². The van der Waals surface area contributed by atoms with E-state index in [1.54, 1.807) is 25.1 Å². The lowest BCUT2D eigenvalue weighted by Gasteiger charge is -2.22. The summed E-state index contributed by atoms with van der Waals surface area (Å²) in [5.41, 5.74) is -1.16. The Morgan fingerprint density at radius 3 is 2.56 bits per heavy atom. The molecule has 0 saturated heterocycles. The molecule has 1 atom stereocenters. The van der Waals surface area contributed by atoms with Gasteiger partial charge in [0.25, 0.3) is 0 Å². The van der Waals surface area contributed by atoms with Crippen LogP contribution in [-0.4, -0.2) is 26.3 Å². The maximum Gasteiger partial charge on any atom is 0.435 e. The number of halogens is 3. The second-order valence-corrected chi connectivity index (χ2v) is 6.00. The molecule has 1 N–H and O–H groups in total. The minimum absolute atomic E-state index is 0.0977. The second kappa shape index (κ2) is 6.69. The maximum absolute atomic E-state index is 12.6. The van der Waals surface area contributed by atoms with Gasteiger partial charge in [0, 0.05) is 12.6 Å². The summed E-state index contributed by atoms with van der Waals surface area (Å²) in [6, 6.07) is 5.66. The van der Waals surface area contributed by atoms with Crippen molar-refractivity contribution in [1.29, 1.82) is 0 Å². The standard InChI is InChI=1S/C17H16F3N3O2/c1-11-8-12(4-5-13(11)21-3)9-15(24)16(2,25)10-23-7-6-14(22-23)17(18,19)20/h4-8,25H,9-10H2,1-2H3/t16-/m0/s1. The van der Waals surface area contributed by atoms with E-state index >= 15 is 0 Å². The van der Waals surface area contributed by atoms with Gasteiger partial charge >= 0.3 is 6.18 Å². The van der Waals surface area contributed by atoms with Crippen molar-refractivity contribution in [3.05, 3.63) is 58.7 Å². The first-order valence-electron chi connectivity index (χ1n) is 7.36. The van der Waals surface area contributed by atoms with Crippen LogP contribution in [0.1, 0.15) is 23.7 Å². The minimum Gasteiger partial charge on any atom is -0.380 e. The third-order valence-electron chi connectivity index (χ3n) is 3.75. The van der Waals surface area contributed by atoms with E-state index in [2.05, 4.69) is 9.94 Å². The highest BCUT2D eigenvalue weighted by Crippen LogP contribution is 2.27. The van der Waals surface area contributed by atoms with Gasteiger partial charge in [0.1, 0.15) is 5.60 Å². The number of aryl methyl sites for hydroxylation is 1. The number of rotatable bonds is 5. The molecule has 5 nitrogen and oxygen atoms in total. The van der Waals surface area contributed by atoms with Crippen LogP contribution in [0, 0.1) is 13.5 Å². The van der Waals surface area contributed by atoms with E-state index in [4.69, 9.17) is 6.57 Å². The number of carbonyl (C=O) groups excluding carboxylic acids is 1. The van der Waals surface area contributed by atoms with Crippen molar-refractivity contribution >= 4 is 11.5 Å². The summed E-state index contributed by atoms with van der Waals surface area (Å²) in [6.45, 7) is 9.59. The third-order valence-corrected chi connectivity index (χ3v) is 3.75. The van der Waals surface area contributed by atoms with Crippen LogP contribution in [0.25, 0.3) is 4.85 Å². The molecule has 0 aliphatic heterocycles. The summed E-state index contributed by atoms with van der Waals surface area (Å²) in [5, 5.41) is 13.7. The molecule has 132 valence electrons. The number of hydrogen-bond donors (Lipinski definition) is 1. The monoisotopic (exact) mass is 351 g/mol. The van der Waals surface area contributed by atoms with Crippen LogP contribution in [0.15, 0.2) is 30.5 Å². The molecule has 0 radical (unpaired) electrons. The summed E-state index contributed by atoms with van der Waals surface area (Å²) in [7, 11) is 0. The molecule has 0 bridgehead atoms. The van der Waals surface area contributed by atoms with Gasteiger partial charge in [0.05, 0.1) is 13.1 Å². The van der Waals surface area contributed by atoms with Gasteiger partial charge in [-0.05, 0) is 31.0 Å². The number of alkyl halides is 3. The molecule has 0 fully saturated rings.